The first kappa shape index (κ1) is 18.4. The lowest BCUT2D eigenvalue weighted by Crippen LogP contribution is -2.38. The van der Waals surface area contributed by atoms with Crippen LogP contribution < -0.4 is 5.56 Å². The highest BCUT2D eigenvalue weighted by molar-refractivity contribution is 5.93. The summed E-state index contributed by atoms with van der Waals surface area (Å²) >= 11 is 0. The van der Waals surface area contributed by atoms with Crippen LogP contribution in [0.5, 0.6) is 0 Å². The number of amides is 1. The highest BCUT2D eigenvalue weighted by Crippen LogP contribution is 2.11. The molecule has 28 heavy (non-hydrogen) atoms. The van der Waals surface area contributed by atoms with E-state index < -0.39 is 0 Å². The number of fused-ring (bicyclic) bond motifs is 1. The number of benzene rings is 1. The summed E-state index contributed by atoms with van der Waals surface area (Å²) in [7, 11) is 0. The molecule has 6 nitrogen and oxygen atoms in total. The summed E-state index contributed by atoms with van der Waals surface area (Å²) in [5.74, 6) is -0.227. The predicted octanol–water partition coefficient (Wildman–Crippen LogP) is 2.35. The molecule has 1 aliphatic rings. The lowest BCUT2D eigenvalue weighted by atomic mass is 10.2. The largest absolute Gasteiger partial charge is 0.337 e. The smallest absolute Gasteiger partial charge is 0.270 e. The van der Waals surface area contributed by atoms with Crippen molar-refractivity contribution in [2.45, 2.75) is 19.9 Å². The number of pyridine rings is 1. The van der Waals surface area contributed by atoms with E-state index in [9.17, 15) is 9.59 Å². The molecule has 0 saturated carbocycles. The van der Waals surface area contributed by atoms with Crippen molar-refractivity contribution < 1.29 is 4.79 Å². The molecule has 144 valence electrons. The molecule has 0 bridgehead atoms. The molecular weight excluding hydrogens is 352 g/mol. The van der Waals surface area contributed by atoms with Gasteiger partial charge in [-0.3, -0.25) is 18.9 Å². The van der Waals surface area contributed by atoms with Crippen molar-refractivity contribution in [3.8, 4) is 0 Å². The molecule has 3 aromatic rings. The summed E-state index contributed by atoms with van der Waals surface area (Å²) in [5, 5.41) is 0. The van der Waals surface area contributed by atoms with Crippen molar-refractivity contribution in [2.75, 3.05) is 26.2 Å². The number of nitrogens with zero attached hydrogens (tertiary/aromatic N) is 4. The van der Waals surface area contributed by atoms with Crippen LogP contribution in [0.1, 0.15) is 27.9 Å². The van der Waals surface area contributed by atoms with Crippen LogP contribution in [0, 0.1) is 6.92 Å². The van der Waals surface area contributed by atoms with Gasteiger partial charge in [-0.05, 0) is 30.5 Å². The van der Waals surface area contributed by atoms with E-state index in [1.807, 2.05) is 31.2 Å². The number of carbonyl (C=O) groups excluding carboxylic acids is 1. The van der Waals surface area contributed by atoms with Crippen molar-refractivity contribution in [3.63, 3.8) is 0 Å². The van der Waals surface area contributed by atoms with Crippen LogP contribution in [0.15, 0.2) is 59.7 Å². The van der Waals surface area contributed by atoms with Gasteiger partial charge in [0.1, 0.15) is 11.2 Å². The topological polar surface area (TPSA) is 57.9 Å². The van der Waals surface area contributed by atoms with Gasteiger partial charge in [0.25, 0.3) is 11.5 Å². The molecule has 6 heteroatoms. The third-order valence-corrected chi connectivity index (χ3v) is 5.21. The summed E-state index contributed by atoms with van der Waals surface area (Å²) in [5.41, 5.74) is 2.61. The monoisotopic (exact) mass is 376 g/mol. The van der Waals surface area contributed by atoms with E-state index in [0.717, 1.165) is 31.6 Å². The average molecular weight is 376 g/mol. The fraction of sp³-hybridized carbons (Fsp3) is 0.318. The van der Waals surface area contributed by atoms with Crippen molar-refractivity contribution in [1.29, 1.82) is 0 Å². The Bertz CT molecular complexity index is 1050. The molecular formula is C22H24N4O2. The zero-order valence-electron chi connectivity index (χ0n) is 16.0. The molecule has 4 rings (SSSR count). The van der Waals surface area contributed by atoms with Crippen LogP contribution in [0.4, 0.5) is 0 Å². The normalized spacial score (nSPS) is 15.5. The zero-order valence-corrected chi connectivity index (χ0v) is 16.0. The maximum absolute atomic E-state index is 13.0. The van der Waals surface area contributed by atoms with Crippen molar-refractivity contribution in [1.82, 2.24) is 19.2 Å². The standard InChI is InChI=1S/C22H24N4O2/c1-17-8-9-20-23-14-19(22(28)26(20)15-17)21(27)25-11-5-10-24(12-13-25)16-18-6-3-2-4-7-18/h2-4,6-9,14-15H,5,10-13,16H2,1H3. The molecule has 0 unspecified atom stereocenters. The van der Waals surface area contributed by atoms with Crippen molar-refractivity contribution in [3.05, 3.63) is 81.9 Å². The Hall–Kier alpha value is -2.99. The molecule has 1 aliphatic heterocycles. The highest BCUT2D eigenvalue weighted by Gasteiger charge is 2.23. The summed E-state index contributed by atoms with van der Waals surface area (Å²) in [6.07, 6.45) is 4.04. The molecule has 0 atom stereocenters. The fourth-order valence-corrected chi connectivity index (χ4v) is 3.67. The Kier molecular flexibility index (Phi) is 5.21. The number of aryl methyl sites for hydroxylation is 1. The van der Waals surface area contributed by atoms with Gasteiger partial charge in [-0.15, -0.1) is 0 Å². The number of rotatable bonds is 3. The minimum absolute atomic E-state index is 0.139. The third-order valence-electron chi connectivity index (χ3n) is 5.21. The van der Waals surface area contributed by atoms with E-state index in [0.29, 0.717) is 18.7 Å². The first-order valence-corrected chi connectivity index (χ1v) is 9.65. The molecule has 1 fully saturated rings. The van der Waals surface area contributed by atoms with Gasteiger partial charge in [0, 0.05) is 45.1 Å². The highest BCUT2D eigenvalue weighted by atomic mass is 16.2. The fourth-order valence-electron chi connectivity index (χ4n) is 3.67. The summed E-state index contributed by atoms with van der Waals surface area (Å²) in [6.45, 7) is 5.79. The third kappa shape index (κ3) is 3.82. The van der Waals surface area contributed by atoms with Crippen LogP contribution in [-0.2, 0) is 6.54 Å². The van der Waals surface area contributed by atoms with Crippen molar-refractivity contribution in [2.24, 2.45) is 0 Å². The number of aromatic nitrogens is 2. The lowest BCUT2D eigenvalue weighted by molar-refractivity contribution is 0.0758. The SMILES string of the molecule is Cc1ccc2ncc(C(=O)N3CCCN(Cc4ccccc4)CC3)c(=O)n2c1. The molecule has 0 spiro atoms. The quantitative estimate of drug-likeness (QED) is 0.704. The number of hydrogen-bond acceptors (Lipinski definition) is 4. The summed E-state index contributed by atoms with van der Waals surface area (Å²) < 4.78 is 1.46. The average Bonchev–Trinajstić information content (AvgIpc) is 2.95. The molecule has 1 saturated heterocycles. The Balaban J connectivity index is 1.50. The lowest BCUT2D eigenvalue weighted by Gasteiger charge is -2.22. The maximum atomic E-state index is 13.0. The van der Waals surface area contributed by atoms with Gasteiger partial charge in [0.15, 0.2) is 0 Å². The van der Waals surface area contributed by atoms with E-state index >= 15 is 0 Å². The Morgan fingerprint density at radius 1 is 1.04 bits per heavy atom. The molecule has 0 radical (unpaired) electrons. The van der Waals surface area contributed by atoms with Crippen LogP contribution in [-0.4, -0.2) is 51.3 Å². The van der Waals surface area contributed by atoms with Crippen LogP contribution >= 0.6 is 0 Å². The second kappa shape index (κ2) is 7.94. The Morgan fingerprint density at radius 2 is 1.86 bits per heavy atom. The van der Waals surface area contributed by atoms with E-state index in [4.69, 9.17) is 0 Å². The first-order valence-electron chi connectivity index (χ1n) is 9.65. The Labute approximate surface area is 164 Å². The second-order valence-electron chi connectivity index (χ2n) is 7.32. The van der Waals surface area contributed by atoms with Crippen molar-refractivity contribution >= 4 is 11.6 Å². The van der Waals surface area contributed by atoms with Gasteiger partial charge in [0.2, 0.25) is 0 Å². The van der Waals surface area contributed by atoms with E-state index in [1.54, 1.807) is 17.2 Å². The van der Waals surface area contributed by atoms with E-state index in [1.165, 1.54) is 16.2 Å². The van der Waals surface area contributed by atoms with Gasteiger partial charge >= 0.3 is 0 Å². The Morgan fingerprint density at radius 3 is 2.68 bits per heavy atom. The number of hydrogen-bond donors (Lipinski definition) is 0. The van der Waals surface area contributed by atoms with Gasteiger partial charge in [-0.25, -0.2) is 4.98 Å². The molecule has 0 aliphatic carbocycles. The van der Waals surface area contributed by atoms with Gasteiger partial charge < -0.3 is 4.90 Å². The molecule has 3 heterocycles. The van der Waals surface area contributed by atoms with Gasteiger partial charge in [-0.1, -0.05) is 36.4 Å². The first-order chi connectivity index (χ1) is 13.6. The minimum atomic E-state index is -0.302. The maximum Gasteiger partial charge on any atom is 0.270 e. The zero-order chi connectivity index (χ0) is 19.5. The number of carbonyl (C=O) groups is 1. The molecule has 1 amide bonds. The van der Waals surface area contributed by atoms with Gasteiger partial charge in [0.05, 0.1) is 0 Å². The van der Waals surface area contributed by atoms with E-state index in [-0.39, 0.29) is 17.0 Å². The molecule has 2 aromatic heterocycles. The molecule has 0 N–H and O–H groups in total. The summed E-state index contributed by atoms with van der Waals surface area (Å²) in [6, 6.07) is 14.0. The van der Waals surface area contributed by atoms with Gasteiger partial charge in [-0.2, -0.15) is 0 Å². The van der Waals surface area contributed by atoms with Crippen LogP contribution in [0.2, 0.25) is 0 Å². The molecule has 1 aromatic carbocycles. The van der Waals surface area contributed by atoms with Crippen LogP contribution in [0.25, 0.3) is 5.65 Å². The van der Waals surface area contributed by atoms with Crippen LogP contribution in [0.3, 0.4) is 0 Å². The summed E-state index contributed by atoms with van der Waals surface area (Å²) in [4.78, 5) is 34.3. The van der Waals surface area contributed by atoms with E-state index in [2.05, 4.69) is 22.0 Å². The minimum Gasteiger partial charge on any atom is -0.337 e. The second-order valence-corrected chi connectivity index (χ2v) is 7.32. The predicted molar refractivity (Wildman–Crippen MR) is 108 cm³/mol.